The van der Waals surface area contributed by atoms with Crippen LogP contribution in [-0.2, 0) is 6.54 Å². The van der Waals surface area contributed by atoms with Crippen LogP contribution in [0.15, 0.2) is 54.6 Å². The molecule has 1 aromatic heterocycles. The number of benzene rings is 2. The van der Waals surface area contributed by atoms with Crippen molar-refractivity contribution in [3.63, 3.8) is 0 Å². The molecule has 31 heavy (non-hydrogen) atoms. The van der Waals surface area contributed by atoms with Gasteiger partial charge in [0, 0.05) is 5.69 Å². The Hall–Kier alpha value is -2.54. The molecule has 0 aliphatic heterocycles. The lowest BCUT2D eigenvalue weighted by atomic mass is 10.0. The number of hydrogen-bond acceptors (Lipinski definition) is 3. The number of halogens is 2. The van der Waals surface area contributed by atoms with Gasteiger partial charge in [-0.3, -0.25) is 9.48 Å². The van der Waals surface area contributed by atoms with Crippen LogP contribution < -0.4 is 17.7 Å². The summed E-state index contributed by atoms with van der Waals surface area (Å²) < 4.78 is 14.9. The summed E-state index contributed by atoms with van der Waals surface area (Å²) in [5.74, 6) is -0.268. The Bertz CT molecular complexity index is 990. The lowest BCUT2D eigenvalue weighted by Crippen LogP contribution is -3.00. The molecule has 0 aliphatic rings. The van der Waals surface area contributed by atoms with Gasteiger partial charge >= 0.3 is 0 Å². The number of rotatable bonds is 9. The summed E-state index contributed by atoms with van der Waals surface area (Å²) in [6.07, 6.45) is -0.364. The number of carbonyl (C=O) groups excluding carboxylic acids is 1. The number of nitrogens with two attached hydrogens (primary N) is 1. The van der Waals surface area contributed by atoms with Gasteiger partial charge in [-0.2, -0.15) is 5.10 Å². The SMILES string of the molecule is Cc1nn(Cc2ccccc2)c(C)c1C(=O)CC[NH2+]C(C)C(O)c1ccc(F)cc1.[Cl-]. The smallest absolute Gasteiger partial charge is 0.172 e. The highest BCUT2D eigenvalue weighted by atomic mass is 35.5. The van der Waals surface area contributed by atoms with Crippen LogP contribution in [0.2, 0.25) is 0 Å². The quantitative estimate of drug-likeness (QED) is 0.454. The molecule has 2 unspecified atom stereocenters. The van der Waals surface area contributed by atoms with Gasteiger partial charge in [0.2, 0.25) is 0 Å². The molecule has 0 spiro atoms. The van der Waals surface area contributed by atoms with Crippen molar-refractivity contribution in [2.75, 3.05) is 6.54 Å². The van der Waals surface area contributed by atoms with Crippen LogP contribution in [0.25, 0.3) is 0 Å². The zero-order chi connectivity index (χ0) is 21.7. The summed E-state index contributed by atoms with van der Waals surface area (Å²) in [5.41, 5.74) is 4.11. The van der Waals surface area contributed by atoms with Gasteiger partial charge in [0.1, 0.15) is 18.0 Å². The first kappa shape index (κ1) is 24.7. The first-order valence-electron chi connectivity index (χ1n) is 10.2. The van der Waals surface area contributed by atoms with Crippen LogP contribution in [-0.4, -0.2) is 33.3 Å². The van der Waals surface area contributed by atoms with E-state index in [2.05, 4.69) is 5.10 Å². The van der Waals surface area contributed by atoms with Crippen molar-refractivity contribution in [3.8, 4) is 0 Å². The van der Waals surface area contributed by atoms with E-state index in [9.17, 15) is 14.3 Å². The van der Waals surface area contributed by atoms with Crippen LogP contribution in [0, 0.1) is 19.7 Å². The molecule has 2 atom stereocenters. The Kier molecular flexibility index (Phi) is 8.92. The summed E-state index contributed by atoms with van der Waals surface area (Å²) in [4.78, 5) is 12.8. The molecule has 0 amide bonds. The lowest BCUT2D eigenvalue weighted by Gasteiger charge is -2.17. The van der Waals surface area contributed by atoms with Gasteiger partial charge in [-0.15, -0.1) is 0 Å². The fourth-order valence-electron chi connectivity index (χ4n) is 3.71. The number of ketones is 1. The molecule has 3 rings (SSSR count). The molecule has 2 aromatic carbocycles. The molecule has 3 aromatic rings. The average Bonchev–Trinajstić information content (AvgIpc) is 3.01. The highest BCUT2D eigenvalue weighted by molar-refractivity contribution is 5.98. The van der Waals surface area contributed by atoms with Gasteiger partial charge in [-0.1, -0.05) is 42.5 Å². The molecule has 0 fully saturated rings. The third-order valence-corrected chi connectivity index (χ3v) is 5.45. The van der Waals surface area contributed by atoms with Gasteiger partial charge in [0.15, 0.2) is 5.78 Å². The summed E-state index contributed by atoms with van der Waals surface area (Å²) in [6.45, 7) is 6.88. The molecule has 0 aliphatic carbocycles. The van der Waals surface area contributed by atoms with Crippen molar-refractivity contribution in [2.24, 2.45) is 0 Å². The second-order valence-electron chi connectivity index (χ2n) is 7.74. The first-order valence-corrected chi connectivity index (χ1v) is 10.2. The fourth-order valence-corrected chi connectivity index (χ4v) is 3.71. The van der Waals surface area contributed by atoms with E-state index in [1.165, 1.54) is 12.1 Å². The van der Waals surface area contributed by atoms with E-state index in [-0.39, 0.29) is 30.0 Å². The van der Waals surface area contributed by atoms with Crippen molar-refractivity contribution in [3.05, 3.63) is 88.5 Å². The van der Waals surface area contributed by atoms with Crippen LogP contribution in [0.3, 0.4) is 0 Å². The van der Waals surface area contributed by atoms with E-state index in [0.717, 1.165) is 17.0 Å². The maximum Gasteiger partial charge on any atom is 0.172 e. The van der Waals surface area contributed by atoms with Crippen LogP contribution in [0.4, 0.5) is 4.39 Å². The lowest BCUT2D eigenvalue weighted by molar-refractivity contribution is -0.693. The summed E-state index contributed by atoms with van der Waals surface area (Å²) in [7, 11) is 0. The fraction of sp³-hybridized carbons (Fsp3) is 0.333. The Labute approximate surface area is 188 Å². The second-order valence-corrected chi connectivity index (χ2v) is 7.74. The maximum absolute atomic E-state index is 13.1. The number of Topliss-reactive ketones (excluding diaryl/α,β-unsaturated/α-hetero) is 1. The van der Waals surface area contributed by atoms with Crippen LogP contribution in [0.5, 0.6) is 0 Å². The molecule has 166 valence electrons. The van der Waals surface area contributed by atoms with E-state index in [1.807, 2.05) is 61.1 Å². The molecule has 7 heteroatoms. The average molecular weight is 446 g/mol. The van der Waals surface area contributed by atoms with E-state index >= 15 is 0 Å². The predicted molar refractivity (Wildman–Crippen MR) is 114 cm³/mol. The first-order chi connectivity index (χ1) is 14.4. The largest absolute Gasteiger partial charge is 1.00 e. The van der Waals surface area contributed by atoms with E-state index in [0.29, 0.717) is 30.6 Å². The van der Waals surface area contributed by atoms with Crippen molar-refractivity contribution in [1.82, 2.24) is 9.78 Å². The summed E-state index contributed by atoms with van der Waals surface area (Å²) >= 11 is 0. The highest BCUT2D eigenvalue weighted by Crippen LogP contribution is 2.17. The van der Waals surface area contributed by atoms with Crippen molar-refractivity contribution < 1.29 is 32.0 Å². The van der Waals surface area contributed by atoms with Gasteiger partial charge in [-0.05, 0) is 44.0 Å². The van der Waals surface area contributed by atoms with Gasteiger partial charge in [0.25, 0.3) is 0 Å². The normalized spacial score (nSPS) is 12.8. The van der Waals surface area contributed by atoms with Gasteiger partial charge in [-0.25, -0.2) is 4.39 Å². The molecule has 0 radical (unpaired) electrons. The van der Waals surface area contributed by atoms with Crippen LogP contribution >= 0.6 is 0 Å². The number of aliphatic hydroxyl groups is 1. The minimum atomic E-state index is -0.724. The summed E-state index contributed by atoms with van der Waals surface area (Å²) in [5, 5.41) is 17.0. The number of aliphatic hydroxyl groups excluding tert-OH is 1. The molecule has 0 saturated carbocycles. The number of aromatic nitrogens is 2. The Morgan fingerprint density at radius 1 is 1.13 bits per heavy atom. The summed E-state index contributed by atoms with van der Waals surface area (Å²) in [6, 6.07) is 15.7. The zero-order valence-electron chi connectivity index (χ0n) is 18.1. The number of carbonyl (C=O) groups is 1. The minimum absolute atomic E-state index is 0. The van der Waals surface area contributed by atoms with Crippen molar-refractivity contribution >= 4 is 5.78 Å². The number of hydrogen-bond donors (Lipinski definition) is 2. The second kappa shape index (κ2) is 11.2. The molecule has 0 saturated heterocycles. The third kappa shape index (κ3) is 6.23. The van der Waals surface area contributed by atoms with E-state index in [4.69, 9.17) is 0 Å². The molecule has 3 N–H and O–H groups in total. The Morgan fingerprint density at radius 2 is 1.77 bits per heavy atom. The minimum Gasteiger partial charge on any atom is -1.00 e. The maximum atomic E-state index is 13.1. The number of quaternary nitrogens is 1. The molecule has 1 heterocycles. The van der Waals surface area contributed by atoms with Gasteiger partial charge in [0.05, 0.1) is 30.8 Å². The topological polar surface area (TPSA) is 71.7 Å². The monoisotopic (exact) mass is 445 g/mol. The Balaban J connectivity index is 0.00000341. The molecule has 0 bridgehead atoms. The number of nitrogens with zero attached hydrogens (tertiary/aromatic N) is 2. The van der Waals surface area contributed by atoms with E-state index in [1.54, 1.807) is 12.1 Å². The van der Waals surface area contributed by atoms with Crippen molar-refractivity contribution in [1.29, 1.82) is 0 Å². The van der Waals surface area contributed by atoms with Crippen LogP contribution in [0.1, 0.15) is 52.3 Å². The van der Waals surface area contributed by atoms with Gasteiger partial charge < -0.3 is 22.8 Å². The zero-order valence-corrected chi connectivity index (χ0v) is 18.8. The highest BCUT2D eigenvalue weighted by Gasteiger charge is 2.22. The molecular weight excluding hydrogens is 417 g/mol. The predicted octanol–water partition coefficient (Wildman–Crippen LogP) is -0.0504. The molecular formula is C24H29ClFN3O2. The third-order valence-electron chi connectivity index (χ3n) is 5.45. The number of aryl methyl sites for hydroxylation is 1. The van der Waals surface area contributed by atoms with Crippen molar-refractivity contribution in [2.45, 2.75) is 45.9 Å². The molecule has 5 nitrogen and oxygen atoms in total. The van der Waals surface area contributed by atoms with E-state index < -0.39 is 6.10 Å². The standard InChI is InChI=1S/C24H28FN3O2.ClH/c1-16-23(18(3)28(27-16)15-19-7-5-4-6-8-19)22(29)13-14-26-17(2)24(30)20-9-11-21(25)12-10-20;/h4-12,17,24,26,30H,13-15H2,1-3H3;1H. The Morgan fingerprint density at radius 3 is 2.42 bits per heavy atom.